The lowest BCUT2D eigenvalue weighted by molar-refractivity contribution is 0.0243. The topological polar surface area (TPSA) is 53.0 Å². The standard InChI is InChI=1S/C15H30N2O3/c1-15(2,3)20-14(19)16(4)11-13-7-5-8-17(12-13)9-6-10-18/h13,18H,5-12H2,1-4H3. The Bertz CT molecular complexity index is 302. The predicted molar refractivity (Wildman–Crippen MR) is 79.7 cm³/mol. The van der Waals surface area contributed by atoms with Crippen LogP contribution in [-0.4, -0.2) is 66.4 Å². The smallest absolute Gasteiger partial charge is 0.410 e. The van der Waals surface area contributed by atoms with Gasteiger partial charge in [0, 0.05) is 33.3 Å². The summed E-state index contributed by atoms with van der Waals surface area (Å²) in [7, 11) is 1.81. The molecule has 1 heterocycles. The lowest BCUT2D eigenvalue weighted by Gasteiger charge is -2.35. The monoisotopic (exact) mass is 286 g/mol. The Balaban J connectivity index is 2.37. The van der Waals surface area contributed by atoms with E-state index in [1.165, 1.54) is 0 Å². The van der Waals surface area contributed by atoms with Gasteiger partial charge in [-0.15, -0.1) is 0 Å². The molecule has 0 saturated carbocycles. The summed E-state index contributed by atoms with van der Waals surface area (Å²) >= 11 is 0. The third-order valence-electron chi connectivity index (χ3n) is 3.47. The Labute approximate surface area is 122 Å². The normalized spacial score (nSPS) is 20.8. The highest BCUT2D eigenvalue weighted by atomic mass is 16.6. The summed E-state index contributed by atoms with van der Waals surface area (Å²) in [6.45, 7) is 9.70. The molecule has 0 aliphatic carbocycles. The minimum absolute atomic E-state index is 0.245. The molecule has 1 amide bonds. The molecule has 1 saturated heterocycles. The van der Waals surface area contributed by atoms with Gasteiger partial charge in [-0.25, -0.2) is 4.79 Å². The van der Waals surface area contributed by atoms with Crippen LogP contribution in [0.25, 0.3) is 0 Å². The van der Waals surface area contributed by atoms with Crippen molar-refractivity contribution in [3.05, 3.63) is 0 Å². The molecule has 0 radical (unpaired) electrons. The van der Waals surface area contributed by atoms with Crippen LogP contribution in [0.5, 0.6) is 0 Å². The molecule has 0 aromatic heterocycles. The van der Waals surface area contributed by atoms with E-state index in [9.17, 15) is 4.79 Å². The second-order valence-corrected chi connectivity index (χ2v) is 6.75. The zero-order chi connectivity index (χ0) is 15.2. The molecule has 0 bridgehead atoms. The van der Waals surface area contributed by atoms with Crippen LogP contribution in [0, 0.1) is 5.92 Å². The Hall–Kier alpha value is -0.810. The molecule has 1 aliphatic heterocycles. The molecule has 1 N–H and O–H groups in total. The number of nitrogens with zero attached hydrogens (tertiary/aromatic N) is 2. The first-order valence-corrected chi connectivity index (χ1v) is 7.59. The summed E-state index contributed by atoms with van der Waals surface area (Å²) < 4.78 is 5.37. The molecule has 5 nitrogen and oxygen atoms in total. The van der Waals surface area contributed by atoms with E-state index in [0.717, 1.165) is 45.4 Å². The SMILES string of the molecule is CN(CC1CCCN(CCCO)C1)C(=O)OC(C)(C)C. The van der Waals surface area contributed by atoms with E-state index >= 15 is 0 Å². The largest absolute Gasteiger partial charge is 0.444 e. The van der Waals surface area contributed by atoms with Crippen LogP contribution in [0.4, 0.5) is 4.79 Å². The molecule has 118 valence electrons. The molecule has 1 rings (SSSR count). The van der Waals surface area contributed by atoms with Crippen molar-refractivity contribution >= 4 is 6.09 Å². The fourth-order valence-corrected chi connectivity index (χ4v) is 2.60. The number of hydrogen-bond acceptors (Lipinski definition) is 4. The minimum Gasteiger partial charge on any atom is -0.444 e. The molecule has 5 heteroatoms. The number of hydrogen-bond donors (Lipinski definition) is 1. The second kappa shape index (κ2) is 7.84. The third-order valence-corrected chi connectivity index (χ3v) is 3.47. The van der Waals surface area contributed by atoms with Gasteiger partial charge in [0.2, 0.25) is 0 Å². The number of aliphatic hydroxyl groups is 1. The fraction of sp³-hybridized carbons (Fsp3) is 0.933. The molecule has 1 aliphatic rings. The number of likely N-dealkylation sites (tertiary alicyclic amines) is 1. The van der Waals surface area contributed by atoms with Gasteiger partial charge in [0.15, 0.2) is 0 Å². The number of carbonyl (C=O) groups is 1. The summed E-state index contributed by atoms with van der Waals surface area (Å²) in [5, 5.41) is 8.89. The van der Waals surface area contributed by atoms with Gasteiger partial charge in [0.25, 0.3) is 0 Å². The first kappa shape index (κ1) is 17.2. The summed E-state index contributed by atoms with van der Waals surface area (Å²) in [5.74, 6) is 0.500. The minimum atomic E-state index is -0.439. The Morgan fingerprint density at radius 1 is 1.45 bits per heavy atom. The van der Waals surface area contributed by atoms with E-state index in [4.69, 9.17) is 9.84 Å². The maximum absolute atomic E-state index is 11.9. The summed E-state index contributed by atoms with van der Waals surface area (Å²) in [4.78, 5) is 16.0. The zero-order valence-corrected chi connectivity index (χ0v) is 13.4. The highest BCUT2D eigenvalue weighted by molar-refractivity contribution is 5.67. The van der Waals surface area contributed by atoms with E-state index in [1.807, 2.05) is 20.8 Å². The molecule has 0 spiro atoms. The van der Waals surface area contributed by atoms with Gasteiger partial charge in [-0.3, -0.25) is 0 Å². The number of piperidine rings is 1. The third kappa shape index (κ3) is 6.57. The van der Waals surface area contributed by atoms with E-state index in [1.54, 1.807) is 11.9 Å². The maximum atomic E-state index is 11.9. The second-order valence-electron chi connectivity index (χ2n) is 6.75. The van der Waals surface area contributed by atoms with Crippen molar-refractivity contribution in [2.75, 3.05) is 39.8 Å². The average Bonchev–Trinajstić information content (AvgIpc) is 2.34. The van der Waals surface area contributed by atoms with Gasteiger partial charge in [-0.05, 0) is 52.5 Å². The summed E-state index contributed by atoms with van der Waals surface area (Å²) in [5.41, 5.74) is -0.439. The zero-order valence-electron chi connectivity index (χ0n) is 13.4. The first-order valence-electron chi connectivity index (χ1n) is 7.59. The Kier molecular flexibility index (Phi) is 6.76. The van der Waals surface area contributed by atoms with Crippen molar-refractivity contribution in [2.45, 2.75) is 45.6 Å². The van der Waals surface area contributed by atoms with Crippen molar-refractivity contribution in [2.24, 2.45) is 5.92 Å². The van der Waals surface area contributed by atoms with Gasteiger partial charge >= 0.3 is 6.09 Å². The van der Waals surface area contributed by atoms with E-state index in [2.05, 4.69) is 4.90 Å². The molecule has 0 aromatic rings. The Morgan fingerprint density at radius 3 is 2.75 bits per heavy atom. The number of ether oxygens (including phenoxy) is 1. The molecule has 20 heavy (non-hydrogen) atoms. The van der Waals surface area contributed by atoms with Crippen molar-refractivity contribution < 1.29 is 14.6 Å². The van der Waals surface area contributed by atoms with Crippen LogP contribution in [0.1, 0.15) is 40.0 Å². The van der Waals surface area contributed by atoms with Crippen molar-refractivity contribution in [3.63, 3.8) is 0 Å². The number of rotatable bonds is 5. The predicted octanol–water partition coefficient (Wildman–Crippen LogP) is 1.95. The first-order chi connectivity index (χ1) is 9.31. The average molecular weight is 286 g/mol. The van der Waals surface area contributed by atoms with Crippen molar-refractivity contribution in [3.8, 4) is 0 Å². The number of amides is 1. The van der Waals surface area contributed by atoms with Crippen LogP contribution in [0.3, 0.4) is 0 Å². The summed E-state index contributed by atoms with van der Waals surface area (Å²) in [6, 6.07) is 0. The van der Waals surface area contributed by atoms with Crippen LogP contribution in [-0.2, 0) is 4.74 Å². The van der Waals surface area contributed by atoms with Gasteiger partial charge in [-0.1, -0.05) is 0 Å². The van der Waals surface area contributed by atoms with E-state index < -0.39 is 5.60 Å². The van der Waals surface area contributed by atoms with Crippen molar-refractivity contribution in [1.82, 2.24) is 9.80 Å². The lowest BCUT2D eigenvalue weighted by atomic mass is 9.97. The fourth-order valence-electron chi connectivity index (χ4n) is 2.60. The van der Waals surface area contributed by atoms with Crippen LogP contribution < -0.4 is 0 Å². The molecule has 1 atom stereocenters. The van der Waals surface area contributed by atoms with Crippen molar-refractivity contribution in [1.29, 1.82) is 0 Å². The molecule has 1 unspecified atom stereocenters. The van der Waals surface area contributed by atoms with Gasteiger partial charge in [-0.2, -0.15) is 0 Å². The number of aliphatic hydroxyl groups excluding tert-OH is 1. The van der Waals surface area contributed by atoms with E-state index in [-0.39, 0.29) is 12.7 Å². The van der Waals surface area contributed by atoms with Gasteiger partial charge in [0.05, 0.1) is 0 Å². The highest BCUT2D eigenvalue weighted by Crippen LogP contribution is 2.18. The van der Waals surface area contributed by atoms with Gasteiger partial charge in [0.1, 0.15) is 5.60 Å². The summed E-state index contributed by atoms with van der Waals surface area (Å²) in [6.07, 6.45) is 2.90. The molecular formula is C15H30N2O3. The molecular weight excluding hydrogens is 256 g/mol. The quantitative estimate of drug-likeness (QED) is 0.839. The number of carbonyl (C=O) groups excluding carboxylic acids is 1. The van der Waals surface area contributed by atoms with Gasteiger partial charge < -0.3 is 19.6 Å². The molecule has 1 fully saturated rings. The molecule has 0 aromatic carbocycles. The van der Waals surface area contributed by atoms with Crippen LogP contribution in [0.15, 0.2) is 0 Å². The Morgan fingerprint density at radius 2 is 2.15 bits per heavy atom. The lowest BCUT2D eigenvalue weighted by Crippen LogP contribution is -2.43. The van der Waals surface area contributed by atoms with Crippen LogP contribution >= 0.6 is 0 Å². The highest BCUT2D eigenvalue weighted by Gasteiger charge is 2.25. The van der Waals surface area contributed by atoms with E-state index in [0.29, 0.717) is 5.92 Å². The van der Waals surface area contributed by atoms with Crippen LogP contribution in [0.2, 0.25) is 0 Å². The maximum Gasteiger partial charge on any atom is 0.410 e.